The number of alkyl halides is 2. The lowest BCUT2D eigenvalue weighted by molar-refractivity contribution is 0.0712. The summed E-state index contributed by atoms with van der Waals surface area (Å²) in [6.45, 7) is 7.97. The molecule has 0 aromatic heterocycles. The van der Waals surface area contributed by atoms with E-state index < -0.39 is 8.80 Å². The monoisotopic (exact) mass is 458 g/mol. The van der Waals surface area contributed by atoms with E-state index in [9.17, 15) is 0 Å². The van der Waals surface area contributed by atoms with Gasteiger partial charge in [-0.3, -0.25) is 0 Å². The van der Waals surface area contributed by atoms with Gasteiger partial charge in [-0.1, -0.05) is 45.2 Å². The highest BCUT2D eigenvalue weighted by atomic mass is 127. The number of hydrogen-bond acceptors (Lipinski definition) is 3. The van der Waals surface area contributed by atoms with Gasteiger partial charge in [0, 0.05) is 25.9 Å². The van der Waals surface area contributed by atoms with Gasteiger partial charge in [-0.25, -0.2) is 0 Å². The first-order chi connectivity index (χ1) is 7.10. The van der Waals surface area contributed by atoms with Crippen molar-refractivity contribution in [1.82, 2.24) is 0 Å². The second kappa shape index (κ2) is 9.57. The van der Waals surface area contributed by atoms with Gasteiger partial charge >= 0.3 is 8.80 Å². The Kier molecular flexibility index (Phi) is 10.6. The summed E-state index contributed by atoms with van der Waals surface area (Å²) >= 11 is 4.82. The molecular formula is C9H20I2O3Si. The molecule has 0 aliphatic carbocycles. The maximum Gasteiger partial charge on any atom is 0.500 e. The van der Waals surface area contributed by atoms with Crippen LogP contribution in [-0.4, -0.2) is 30.6 Å². The third-order valence-electron chi connectivity index (χ3n) is 1.76. The molecule has 0 spiro atoms. The van der Waals surface area contributed by atoms with Crippen LogP contribution in [0.4, 0.5) is 0 Å². The third-order valence-corrected chi connectivity index (χ3v) is 6.09. The Morgan fingerprint density at radius 2 is 1.33 bits per heavy atom. The van der Waals surface area contributed by atoms with Gasteiger partial charge in [0.15, 0.2) is 0 Å². The highest BCUT2D eigenvalue weighted by Gasteiger charge is 2.40. The van der Waals surface area contributed by atoms with E-state index in [0.717, 1.165) is 12.5 Å². The van der Waals surface area contributed by atoms with Gasteiger partial charge in [-0.2, -0.15) is 0 Å². The minimum atomic E-state index is -2.37. The summed E-state index contributed by atoms with van der Waals surface area (Å²) in [6.07, 6.45) is 1.08. The van der Waals surface area contributed by atoms with E-state index >= 15 is 0 Å². The van der Waals surface area contributed by atoms with Crippen molar-refractivity contribution in [3.8, 4) is 0 Å². The topological polar surface area (TPSA) is 27.7 Å². The van der Waals surface area contributed by atoms with Crippen LogP contribution in [0, 0.1) is 0 Å². The van der Waals surface area contributed by atoms with Gasteiger partial charge in [0.1, 0.15) is 0 Å². The Balaban J connectivity index is 4.31. The maximum absolute atomic E-state index is 5.75. The van der Waals surface area contributed by atoms with Crippen LogP contribution < -0.4 is 0 Å². The zero-order valence-corrected chi connectivity index (χ0v) is 14.9. The SMILES string of the molecule is CCO[Si](CCC(I)I)(OCC)OCC. The molecule has 0 bridgehead atoms. The Hall–Kier alpha value is 1.56. The summed E-state index contributed by atoms with van der Waals surface area (Å²) in [5, 5.41) is 0. The lowest BCUT2D eigenvalue weighted by Gasteiger charge is -2.28. The molecule has 0 atom stereocenters. The quantitative estimate of drug-likeness (QED) is 0.300. The van der Waals surface area contributed by atoms with Crippen molar-refractivity contribution in [3.05, 3.63) is 0 Å². The van der Waals surface area contributed by atoms with Crippen LogP contribution in [-0.2, 0) is 13.3 Å². The molecule has 0 unspecified atom stereocenters. The predicted octanol–water partition coefficient (Wildman–Crippen LogP) is 3.62. The molecule has 0 radical (unpaired) electrons. The van der Waals surface area contributed by atoms with Crippen molar-refractivity contribution >= 4 is 54.0 Å². The van der Waals surface area contributed by atoms with Gasteiger partial charge in [-0.05, 0) is 27.2 Å². The van der Waals surface area contributed by atoms with Gasteiger partial charge in [0.05, 0.1) is 1.93 Å². The fraction of sp³-hybridized carbons (Fsp3) is 1.00. The zero-order chi connectivity index (χ0) is 11.7. The Morgan fingerprint density at radius 3 is 1.60 bits per heavy atom. The molecule has 0 aliphatic heterocycles. The molecule has 0 N–H and O–H groups in total. The second-order valence-electron chi connectivity index (χ2n) is 2.91. The van der Waals surface area contributed by atoms with Crippen LogP contribution in [0.3, 0.4) is 0 Å². The van der Waals surface area contributed by atoms with E-state index in [-0.39, 0.29) is 0 Å². The molecule has 0 aromatic rings. The van der Waals surface area contributed by atoms with E-state index in [1.807, 2.05) is 20.8 Å². The summed E-state index contributed by atoms with van der Waals surface area (Å²) in [5.74, 6) is 0. The van der Waals surface area contributed by atoms with Gasteiger partial charge in [0.2, 0.25) is 0 Å². The fourth-order valence-electron chi connectivity index (χ4n) is 1.29. The van der Waals surface area contributed by atoms with Crippen LogP contribution in [0.25, 0.3) is 0 Å². The Morgan fingerprint density at radius 1 is 0.933 bits per heavy atom. The fourth-order valence-corrected chi connectivity index (χ4v) is 5.73. The molecule has 6 heteroatoms. The highest BCUT2D eigenvalue weighted by Crippen LogP contribution is 2.24. The molecule has 0 fully saturated rings. The number of hydrogen-bond donors (Lipinski definition) is 0. The summed E-state index contributed by atoms with van der Waals surface area (Å²) in [4.78, 5) is 0. The summed E-state index contributed by atoms with van der Waals surface area (Å²) in [6, 6.07) is 0.916. The molecule has 0 aromatic carbocycles. The van der Waals surface area contributed by atoms with Gasteiger partial charge < -0.3 is 13.3 Å². The molecule has 0 heterocycles. The first kappa shape index (κ1) is 16.6. The van der Waals surface area contributed by atoms with Crippen molar-refractivity contribution in [1.29, 1.82) is 0 Å². The zero-order valence-electron chi connectivity index (χ0n) is 9.59. The number of halogens is 2. The third kappa shape index (κ3) is 7.48. The van der Waals surface area contributed by atoms with Crippen LogP contribution in [0.15, 0.2) is 0 Å². The van der Waals surface area contributed by atoms with Crippen molar-refractivity contribution in [2.75, 3.05) is 19.8 Å². The summed E-state index contributed by atoms with van der Waals surface area (Å²) in [5.41, 5.74) is 0. The first-order valence-corrected chi connectivity index (χ1v) is 9.72. The van der Waals surface area contributed by atoms with Crippen molar-refractivity contribution in [2.45, 2.75) is 35.2 Å². The lowest BCUT2D eigenvalue weighted by Crippen LogP contribution is -2.46. The molecule has 15 heavy (non-hydrogen) atoms. The standard InChI is InChI=1S/C9H20I2O3Si/c1-4-12-15(13-5-2,14-6-3)8-7-9(10)11/h9H,4-8H2,1-3H3. The molecule has 3 nitrogen and oxygen atoms in total. The van der Waals surface area contributed by atoms with Crippen LogP contribution >= 0.6 is 45.2 Å². The van der Waals surface area contributed by atoms with Crippen molar-refractivity contribution in [2.24, 2.45) is 0 Å². The Labute approximate surface area is 121 Å². The van der Waals surface area contributed by atoms with E-state index in [1.54, 1.807) is 0 Å². The maximum atomic E-state index is 5.75. The minimum absolute atomic E-state index is 0.605. The first-order valence-electron chi connectivity index (χ1n) is 5.30. The predicted molar refractivity (Wildman–Crippen MR) is 81.9 cm³/mol. The van der Waals surface area contributed by atoms with E-state index in [1.165, 1.54) is 0 Å². The van der Waals surface area contributed by atoms with Crippen molar-refractivity contribution in [3.63, 3.8) is 0 Å². The normalized spacial score (nSPS) is 12.4. The van der Waals surface area contributed by atoms with E-state index in [4.69, 9.17) is 13.3 Å². The smallest absolute Gasteiger partial charge is 0.374 e. The highest BCUT2D eigenvalue weighted by molar-refractivity contribution is 14.2. The summed E-state index contributed by atoms with van der Waals surface area (Å²) in [7, 11) is -2.37. The number of rotatable bonds is 9. The van der Waals surface area contributed by atoms with E-state index in [0.29, 0.717) is 21.8 Å². The molecule has 0 rings (SSSR count). The molecule has 0 saturated carbocycles. The largest absolute Gasteiger partial charge is 0.500 e. The molecular weight excluding hydrogens is 438 g/mol. The Bertz CT molecular complexity index is 141. The average molecular weight is 458 g/mol. The second-order valence-corrected chi connectivity index (χ2v) is 11.0. The minimum Gasteiger partial charge on any atom is -0.374 e. The van der Waals surface area contributed by atoms with Crippen LogP contribution in [0.1, 0.15) is 27.2 Å². The van der Waals surface area contributed by atoms with E-state index in [2.05, 4.69) is 45.2 Å². The van der Waals surface area contributed by atoms with Crippen LogP contribution in [0.5, 0.6) is 0 Å². The van der Waals surface area contributed by atoms with Gasteiger partial charge in [0.25, 0.3) is 0 Å². The molecule has 0 amide bonds. The van der Waals surface area contributed by atoms with Gasteiger partial charge in [-0.15, -0.1) is 0 Å². The van der Waals surface area contributed by atoms with Crippen LogP contribution in [0.2, 0.25) is 6.04 Å². The molecule has 0 aliphatic rings. The summed E-state index contributed by atoms with van der Waals surface area (Å²) < 4.78 is 17.9. The molecule has 92 valence electrons. The molecule has 0 saturated heterocycles. The average Bonchev–Trinajstić information content (AvgIpc) is 2.16. The van der Waals surface area contributed by atoms with Crippen molar-refractivity contribution < 1.29 is 13.3 Å². The lowest BCUT2D eigenvalue weighted by atomic mass is 10.6.